The third kappa shape index (κ3) is 48.0. The van der Waals surface area contributed by atoms with E-state index in [0.29, 0.717) is 0 Å². The molecule has 0 fully saturated rings. The number of unbranched alkanes of at least 4 members (excludes halogenated alkanes) is 51. The van der Waals surface area contributed by atoms with Crippen molar-refractivity contribution in [2.75, 3.05) is 19.8 Å². The minimum Gasteiger partial charge on any atom is -0.490 e. The van der Waals surface area contributed by atoms with Gasteiger partial charge in [-0.15, -0.1) is 0 Å². The lowest BCUT2D eigenvalue weighted by Crippen LogP contribution is -2.07. The van der Waals surface area contributed by atoms with Gasteiger partial charge in [0.1, 0.15) is 0 Å². The molecule has 0 amide bonds. The van der Waals surface area contributed by atoms with Gasteiger partial charge in [-0.25, -0.2) is 0 Å². The molecule has 0 aromatic heterocycles. The van der Waals surface area contributed by atoms with Gasteiger partial charge in [0.15, 0.2) is 11.5 Å². The highest BCUT2D eigenvalue weighted by atomic mass is 16.5. The fourth-order valence-electron chi connectivity index (χ4n) is 10.7. The van der Waals surface area contributed by atoms with E-state index < -0.39 is 0 Å². The van der Waals surface area contributed by atoms with Crippen LogP contribution in [0.25, 0.3) is 0 Å². The van der Waals surface area contributed by atoms with Gasteiger partial charge in [0, 0.05) is 0 Å². The molecule has 0 N–H and O–H groups in total. The van der Waals surface area contributed by atoms with E-state index in [0.717, 1.165) is 62.8 Å². The Morgan fingerprint density at radius 1 is 0.211 bits per heavy atom. The molecular formula is C68H130O3. The van der Waals surface area contributed by atoms with Gasteiger partial charge in [-0.2, -0.15) is 0 Å². The van der Waals surface area contributed by atoms with E-state index in [1.165, 1.54) is 333 Å². The molecule has 0 atom stereocenters. The average Bonchev–Trinajstić information content (AvgIpc) is 3.38. The van der Waals surface area contributed by atoms with Crippen LogP contribution in [0.15, 0.2) is 12.1 Å². The molecule has 1 rings (SSSR count). The van der Waals surface area contributed by atoms with Crippen LogP contribution >= 0.6 is 0 Å². The lowest BCUT2D eigenvalue weighted by Gasteiger charge is -2.19. The second-order valence-corrected chi connectivity index (χ2v) is 22.9. The zero-order valence-electron chi connectivity index (χ0n) is 49.4. The van der Waals surface area contributed by atoms with Crippen LogP contribution < -0.4 is 14.2 Å². The van der Waals surface area contributed by atoms with Crippen molar-refractivity contribution in [3.05, 3.63) is 17.7 Å². The van der Waals surface area contributed by atoms with Crippen molar-refractivity contribution in [2.45, 2.75) is 381 Å². The topological polar surface area (TPSA) is 27.7 Å². The average molecular weight is 996 g/mol. The predicted octanol–water partition coefficient (Wildman–Crippen LogP) is 24.5. The van der Waals surface area contributed by atoms with E-state index in [-0.39, 0.29) is 0 Å². The first-order chi connectivity index (χ1) is 35.3. The Hall–Kier alpha value is -1.38. The SMILES string of the molecule is CCCCCCCCCCCCCCCCCCCCOc1cc(CC)cc(OCCCCCCCCCCCCCCCCCCCC)c1OCCCCCCCCCCCCCCCCCCCC. The molecule has 0 bridgehead atoms. The Bertz CT molecular complexity index is 1080. The first kappa shape index (κ1) is 67.6. The van der Waals surface area contributed by atoms with Crippen LogP contribution in [-0.2, 0) is 6.42 Å². The van der Waals surface area contributed by atoms with Gasteiger partial charge < -0.3 is 14.2 Å². The quantitative estimate of drug-likeness (QED) is 0.0609. The fraction of sp³-hybridized carbons (Fsp3) is 0.912. The van der Waals surface area contributed by atoms with Crippen LogP contribution in [0.5, 0.6) is 17.2 Å². The number of benzene rings is 1. The summed E-state index contributed by atoms with van der Waals surface area (Å²) in [4.78, 5) is 0. The zero-order chi connectivity index (χ0) is 50.9. The summed E-state index contributed by atoms with van der Waals surface area (Å²) in [6.07, 6.45) is 76.5. The Kier molecular flexibility index (Phi) is 55.1. The fourth-order valence-corrected chi connectivity index (χ4v) is 10.7. The lowest BCUT2D eigenvalue weighted by atomic mass is 10.0. The van der Waals surface area contributed by atoms with Crippen LogP contribution in [0.3, 0.4) is 0 Å². The molecule has 0 aliphatic carbocycles. The first-order valence-corrected chi connectivity index (χ1v) is 33.3. The molecule has 0 radical (unpaired) electrons. The normalized spacial score (nSPS) is 11.5. The summed E-state index contributed by atoms with van der Waals surface area (Å²) >= 11 is 0. The van der Waals surface area contributed by atoms with Gasteiger partial charge in [0.2, 0.25) is 5.75 Å². The van der Waals surface area contributed by atoms with Crippen molar-refractivity contribution in [1.82, 2.24) is 0 Å². The van der Waals surface area contributed by atoms with Crippen LogP contribution in [-0.4, -0.2) is 19.8 Å². The highest BCUT2D eigenvalue weighted by molar-refractivity contribution is 5.54. The highest BCUT2D eigenvalue weighted by Gasteiger charge is 2.16. The maximum Gasteiger partial charge on any atom is 0.203 e. The summed E-state index contributed by atoms with van der Waals surface area (Å²) < 4.78 is 19.8. The van der Waals surface area contributed by atoms with Crippen molar-refractivity contribution in [3.63, 3.8) is 0 Å². The van der Waals surface area contributed by atoms with Gasteiger partial charge in [0.25, 0.3) is 0 Å². The van der Waals surface area contributed by atoms with Crippen LogP contribution in [0.4, 0.5) is 0 Å². The van der Waals surface area contributed by atoms with Crippen molar-refractivity contribution in [2.24, 2.45) is 0 Å². The number of hydrogen-bond donors (Lipinski definition) is 0. The molecular weight excluding hydrogens is 865 g/mol. The van der Waals surface area contributed by atoms with Gasteiger partial charge in [-0.05, 0) is 43.4 Å². The number of ether oxygens (including phenoxy) is 3. The van der Waals surface area contributed by atoms with E-state index in [4.69, 9.17) is 14.2 Å². The molecule has 0 heterocycles. The van der Waals surface area contributed by atoms with Gasteiger partial charge in [-0.1, -0.05) is 355 Å². The van der Waals surface area contributed by atoms with E-state index >= 15 is 0 Å². The van der Waals surface area contributed by atoms with E-state index in [1.807, 2.05) is 0 Å². The van der Waals surface area contributed by atoms with Crippen LogP contribution in [0.1, 0.15) is 380 Å². The molecule has 0 spiro atoms. The Balaban J connectivity index is 2.38. The van der Waals surface area contributed by atoms with Gasteiger partial charge in [0.05, 0.1) is 19.8 Å². The maximum absolute atomic E-state index is 6.63. The monoisotopic (exact) mass is 995 g/mol. The summed E-state index contributed by atoms with van der Waals surface area (Å²) in [5, 5.41) is 0. The Morgan fingerprint density at radius 3 is 0.563 bits per heavy atom. The van der Waals surface area contributed by atoms with E-state index in [1.54, 1.807) is 0 Å². The Morgan fingerprint density at radius 2 is 0.380 bits per heavy atom. The summed E-state index contributed by atoms with van der Waals surface area (Å²) in [6, 6.07) is 4.48. The minimum atomic E-state index is 0.745. The summed E-state index contributed by atoms with van der Waals surface area (Å²) in [5.41, 5.74) is 1.28. The molecule has 0 aliphatic rings. The molecule has 3 heteroatoms. The van der Waals surface area contributed by atoms with Gasteiger partial charge in [-0.3, -0.25) is 0 Å². The first-order valence-electron chi connectivity index (χ1n) is 33.3. The van der Waals surface area contributed by atoms with Crippen molar-refractivity contribution >= 4 is 0 Å². The minimum absolute atomic E-state index is 0.745. The Labute approximate surface area is 447 Å². The molecule has 71 heavy (non-hydrogen) atoms. The van der Waals surface area contributed by atoms with Crippen LogP contribution in [0, 0.1) is 0 Å². The van der Waals surface area contributed by atoms with Gasteiger partial charge >= 0.3 is 0 Å². The van der Waals surface area contributed by atoms with Crippen molar-refractivity contribution in [3.8, 4) is 17.2 Å². The lowest BCUT2D eigenvalue weighted by molar-refractivity contribution is 0.234. The molecule has 0 unspecified atom stereocenters. The summed E-state index contributed by atoms with van der Waals surface area (Å²) in [6.45, 7) is 11.5. The number of hydrogen-bond acceptors (Lipinski definition) is 3. The van der Waals surface area contributed by atoms with Crippen molar-refractivity contribution in [1.29, 1.82) is 0 Å². The van der Waals surface area contributed by atoms with Crippen molar-refractivity contribution < 1.29 is 14.2 Å². The second kappa shape index (κ2) is 57.9. The molecule has 0 aliphatic heterocycles. The smallest absolute Gasteiger partial charge is 0.203 e. The van der Waals surface area contributed by atoms with Crippen LogP contribution in [0.2, 0.25) is 0 Å². The molecule has 1 aromatic carbocycles. The standard InChI is InChI=1S/C68H130O3/c1-5-9-12-15-18-21-24-27-30-33-36-39-42-45-48-51-54-57-60-69-66-63-65(8-4)64-67(70-61-58-55-52-49-46-43-40-37-34-31-28-25-22-19-16-13-10-6-2)68(66)71-62-59-56-53-50-47-44-41-38-35-32-29-26-23-20-17-14-11-7-3/h63-64H,5-62H2,1-4H3. The largest absolute Gasteiger partial charge is 0.490 e. The molecule has 3 nitrogen and oxygen atoms in total. The predicted molar refractivity (Wildman–Crippen MR) is 319 cm³/mol. The maximum atomic E-state index is 6.63. The van der Waals surface area contributed by atoms with E-state index in [9.17, 15) is 0 Å². The molecule has 420 valence electrons. The number of rotatable bonds is 61. The summed E-state index contributed by atoms with van der Waals surface area (Å²) in [5.74, 6) is 2.68. The second-order valence-electron chi connectivity index (χ2n) is 22.9. The molecule has 0 saturated carbocycles. The third-order valence-corrected chi connectivity index (χ3v) is 15.7. The zero-order valence-corrected chi connectivity index (χ0v) is 49.4. The third-order valence-electron chi connectivity index (χ3n) is 15.7. The van der Waals surface area contributed by atoms with E-state index in [2.05, 4.69) is 39.8 Å². The molecule has 0 saturated heterocycles. The summed E-state index contributed by atoms with van der Waals surface area (Å²) in [7, 11) is 0. The number of aryl methyl sites for hydroxylation is 1. The molecule has 1 aromatic rings. The highest BCUT2D eigenvalue weighted by Crippen LogP contribution is 2.40.